The van der Waals surface area contributed by atoms with Gasteiger partial charge in [0.1, 0.15) is 5.82 Å². The van der Waals surface area contributed by atoms with Gasteiger partial charge in [0, 0.05) is 44.4 Å². The van der Waals surface area contributed by atoms with E-state index in [1.807, 2.05) is 4.90 Å². The number of anilines is 1. The lowest BCUT2D eigenvalue weighted by Crippen LogP contribution is -2.48. The van der Waals surface area contributed by atoms with Gasteiger partial charge in [0.25, 0.3) is 5.69 Å². The van der Waals surface area contributed by atoms with Gasteiger partial charge in [0.15, 0.2) is 0 Å². The first-order valence-electron chi connectivity index (χ1n) is 8.25. The molecule has 3 rings (SSSR count). The van der Waals surface area contributed by atoms with Crippen molar-refractivity contribution in [3.63, 3.8) is 0 Å². The highest BCUT2D eigenvalue weighted by atomic mass is 19.1. The Balaban J connectivity index is 1.56. The normalized spacial score (nSPS) is 14.7. The number of carbonyl (C=O) groups is 1. The van der Waals surface area contributed by atoms with Gasteiger partial charge in [-0.25, -0.2) is 4.39 Å². The molecule has 1 heterocycles. The van der Waals surface area contributed by atoms with Crippen LogP contribution in [-0.2, 0) is 4.79 Å². The number of piperazine rings is 1. The first kappa shape index (κ1) is 17.6. The molecule has 0 N–H and O–H groups in total. The van der Waals surface area contributed by atoms with E-state index < -0.39 is 4.92 Å². The fourth-order valence-electron chi connectivity index (χ4n) is 2.86. The van der Waals surface area contributed by atoms with Crippen molar-refractivity contribution in [2.75, 3.05) is 31.1 Å². The fraction of sp³-hybridized carbons (Fsp3) is 0.211. The maximum atomic E-state index is 13.8. The van der Waals surface area contributed by atoms with Crippen LogP contribution in [0.15, 0.2) is 54.6 Å². The SMILES string of the molecule is O=C(/C=C/c1ccc([N+](=O)[O-])cc1)N1CCN(c2ccccc2F)CC1. The molecule has 0 aliphatic carbocycles. The summed E-state index contributed by atoms with van der Waals surface area (Å²) in [4.78, 5) is 26.1. The molecule has 0 spiro atoms. The Hall–Kier alpha value is -3.22. The third kappa shape index (κ3) is 4.05. The van der Waals surface area contributed by atoms with Gasteiger partial charge in [-0.05, 0) is 35.9 Å². The molecule has 134 valence electrons. The topological polar surface area (TPSA) is 66.7 Å². The van der Waals surface area contributed by atoms with Crippen molar-refractivity contribution < 1.29 is 14.1 Å². The van der Waals surface area contributed by atoms with Crippen LogP contribution >= 0.6 is 0 Å². The second-order valence-corrected chi connectivity index (χ2v) is 5.95. The molecule has 0 bridgehead atoms. The number of non-ortho nitro benzene ring substituents is 1. The molecule has 1 aliphatic rings. The van der Waals surface area contributed by atoms with E-state index in [9.17, 15) is 19.3 Å². The minimum Gasteiger partial charge on any atom is -0.366 e. The maximum absolute atomic E-state index is 13.8. The summed E-state index contributed by atoms with van der Waals surface area (Å²) in [6.45, 7) is 2.16. The Morgan fingerprint density at radius 1 is 1.04 bits per heavy atom. The largest absolute Gasteiger partial charge is 0.366 e. The molecule has 1 fully saturated rings. The van der Waals surface area contributed by atoms with Gasteiger partial charge in [-0.2, -0.15) is 0 Å². The molecular formula is C19H18FN3O3. The van der Waals surface area contributed by atoms with Gasteiger partial charge < -0.3 is 9.80 Å². The highest BCUT2D eigenvalue weighted by Crippen LogP contribution is 2.20. The van der Waals surface area contributed by atoms with Crippen molar-refractivity contribution in [1.82, 2.24) is 4.90 Å². The summed E-state index contributed by atoms with van der Waals surface area (Å²) in [5.41, 5.74) is 1.28. The van der Waals surface area contributed by atoms with Gasteiger partial charge in [-0.3, -0.25) is 14.9 Å². The standard InChI is InChI=1S/C19H18FN3O3/c20-17-3-1-2-4-18(17)21-11-13-22(14-12-21)19(24)10-7-15-5-8-16(9-6-15)23(25)26/h1-10H,11-14H2/b10-7+. The minimum atomic E-state index is -0.465. The van der Waals surface area contributed by atoms with E-state index in [0.29, 0.717) is 37.4 Å². The van der Waals surface area contributed by atoms with Gasteiger partial charge >= 0.3 is 0 Å². The Bertz CT molecular complexity index is 828. The second-order valence-electron chi connectivity index (χ2n) is 5.95. The Labute approximate surface area is 150 Å². The van der Waals surface area contributed by atoms with E-state index in [0.717, 1.165) is 0 Å². The van der Waals surface area contributed by atoms with Crippen molar-refractivity contribution >= 4 is 23.4 Å². The third-order valence-electron chi connectivity index (χ3n) is 4.31. The number of nitro benzene ring substituents is 1. The van der Waals surface area contributed by atoms with E-state index in [1.165, 1.54) is 24.3 Å². The zero-order chi connectivity index (χ0) is 18.5. The Kier molecular flexibility index (Phi) is 5.26. The molecule has 6 nitrogen and oxygen atoms in total. The molecular weight excluding hydrogens is 337 g/mol. The molecule has 1 amide bonds. The molecule has 0 saturated carbocycles. The fourth-order valence-corrected chi connectivity index (χ4v) is 2.86. The van der Waals surface area contributed by atoms with Crippen LogP contribution in [0, 0.1) is 15.9 Å². The van der Waals surface area contributed by atoms with Crippen LogP contribution in [0.1, 0.15) is 5.56 Å². The van der Waals surface area contributed by atoms with Crippen molar-refractivity contribution in [3.8, 4) is 0 Å². The van der Waals surface area contributed by atoms with Crippen molar-refractivity contribution in [1.29, 1.82) is 0 Å². The van der Waals surface area contributed by atoms with E-state index in [-0.39, 0.29) is 17.4 Å². The summed E-state index contributed by atoms with van der Waals surface area (Å²) in [6.07, 6.45) is 3.09. The lowest BCUT2D eigenvalue weighted by molar-refractivity contribution is -0.384. The van der Waals surface area contributed by atoms with Crippen molar-refractivity contribution in [2.24, 2.45) is 0 Å². The predicted octanol–water partition coefficient (Wildman–Crippen LogP) is 3.10. The van der Waals surface area contributed by atoms with Gasteiger partial charge in [0.2, 0.25) is 5.91 Å². The van der Waals surface area contributed by atoms with Crippen LogP contribution in [0.5, 0.6) is 0 Å². The molecule has 2 aromatic carbocycles. The molecule has 7 heteroatoms. The van der Waals surface area contributed by atoms with Crippen molar-refractivity contribution in [3.05, 3.63) is 76.1 Å². The van der Waals surface area contributed by atoms with Gasteiger partial charge in [-0.1, -0.05) is 12.1 Å². The van der Waals surface area contributed by atoms with Crippen LogP contribution in [0.25, 0.3) is 6.08 Å². The van der Waals surface area contributed by atoms with Gasteiger partial charge in [-0.15, -0.1) is 0 Å². The Morgan fingerprint density at radius 2 is 1.69 bits per heavy atom. The lowest BCUT2D eigenvalue weighted by atomic mass is 10.2. The number of nitro groups is 1. The summed E-state index contributed by atoms with van der Waals surface area (Å²) in [7, 11) is 0. The zero-order valence-corrected chi connectivity index (χ0v) is 14.0. The smallest absolute Gasteiger partial charge is 0.269 e. The zero-order valence-electron chi connectivity index (χ0n) is 14.0. The summed E-state index contributed by atoms with van der Waals surface area (Å²) in [5.74, 6) is -0.387. The molecule has 0 unspecified atom stereocenters. The molecule has 26 heavy (non-hydrogen) atoms. The van der Waals surface area contributed by atoms with Crippen LogP contribution in [0.3, 0.4) is 0 Å². The number of amides is 1. The summed E-state index contributed by atoms with van der Waals surface area (Å²) < 4.78 is 13.8. The number of benzene rings is 2. The number of hydrogen-bond donors (Lipinski definition) is 0. The third-order valence-corrected chi connectivity index (χ3v) is 4.31. The van der Waals surface area contributed by atoms with Crippen LogP contribution < -0.4 is 4.90 Å². The molecule has 2 aromatic rings. The molecule has 0 atom stereocenters. The number of para-hydroxylation sites is 1. The van der Waals surface area contributed by atoms with E-state index in [4.69, 9.17) is 0 Å². The second kappa shape index (κ2) is 7.77. The molecule has 1 saturated heterocycles. The highest BCUT2D eigenvalue weighted by Gasteiger charge is 2.21. The minimum absolute atomic E-state index is 0.0118. The average molecular weight is 355 g/mol. The summed E-state index contributed by atoms with van der Waals surface area (Å²) >= 11 is 0. The number of carbonyl (C=O) groups excluding carboxylic acids is 1. The monoisotopic (exact) mass is 355 g/mol. The lowest BCUT2D eigenvalue weighted by Gasteiger charge is -2.35. The van der Waals surface area contributed by atoms with Crippen molar-refractivity contribution in [2.45, 2.75) is 0 Å². The average Bonchev–Trinajstić information content (AvgIpc) is 2.67. The maximum Gasteiger partial charge on any atom is 0.269 e. The quantitative estimate of drug-likeness (QED) is 0.480. The van der Waals surface area contributed by atoms with Crippen LogP contribution in [0.2, 0.25) is 0 Å². The molecule has 1 aliphatic heterocycles. The first-order valence-corrected chi connectivity index (χ1v) is 8.25. The Morgan fingerprint density at radius 3 is 2.31 bits per heavy atom. The van der Waals surface area contributed by atoms with Gasteiger partial charge in [0.05, 0.1) is 10.6 Å². The number of nitrogens with zero attached hydrogens (tertiary/aromatic N) is 3. The van der Waals surface area contributed by atoms with Crippen LogP contribution in [0.4, 0.5) is 15.8 Å². The number of rotatable bonds is 4. The van der Waals surface area contributed by atoms with E-state index in [1.54, 1.807) is 41.3 Å². The van der Waals surface area contributed by atoms with Crippen LogP contribution in [-0.4, -0.2) is 41.9 Å². The molecule has 0 radical (unpaired) electrons. The molecule has 0 aromatic heterocycles. The van der Waals surface area contributed by atoms with E-state index >= 15 is 0 Å². The predicted molar refractivity (Wildman–Crippen MR) is 97.3 cm³/mol. The highest BCUT2D eigenvalue weighted by molar-refractivity contribution is 5.92. The van der Waals surface area contributed by atoms with E-state index in [2.05, 4.69) is 0 Å². The summed E-state index contributed by atoms with van der Waals surface area (Å²) in [5, 5.41) is 10.6. The first-order chi connectivity index (χ1) is 12.5. The number of halogens is 1. The summed E-state index contributed by atoms with van der Waals surface area (Å²) in [6, 6.07) is 12.6. The number of hydrogen-bond acceptors (Lipinski definition) is 4.